The zero-order chi connectivity index (χ0) is 13.1. The topological polar surface area (TPSA) is 49.3 Å². The Hall–Kier alpha value is -0.570. The molecule has 1 saturated heterocycles. The minimum atomic E-state index is -0.656. The molecule has 1 aliphatic heterocycles. The number of rotatable bonds is 10. The van der Waals surface area contributed by atoms with E-state index in [2.05, 4.69) is 5.32 Å². The van der Waals surface area contributed by atoms with Crippen LogP contribution < -0.4 is 5.32 Å². The van der Waals surface area contributed by atoms with Crippen LogP contribution in [-0.4, -0.2) is 24.2 Å². The summed E-state index contributed by atoms with van der Waals surface area (Å²) in [5.74, 6) is 0.269. The number of carbonyl (C=O) groups is 1. The molecule has 3 nitrogen and oxygen atoms in total. The Morgan fingerprint density at radius 1 is 1.06 bits per heavy atom. The molecule has 1 atom stereocenters. The second kappa shape index (κ2) is 10.4. The lowest BCUT2D eigenvalue weighted by Gasteiger charge is -2.22. The summed E-state index contributed by atoms with van der Waals surface area (Å²) in [7, 11) is 0. The first-order chi connectivity index (χ1) is 8.79. The number of hydrogen-bond donors (Lipinski definition) is 2. The van der Waals surface area contributed by atoms with Gasteiger partial charge in [0.05, 0.1) is 0 Å². The van der Waals surface area contributed by atoms with Crippen molar-refractivity contribution in [2.45, 2.75) is 70.6 Å². The van der Waals surface area contributed by atoms with E-state index in [0.29, 0.717) is 6.42 Å². The molecule has 1 rings (SSSR count). The van der Waals surface area contributed by atoms with Crippen LogP contribution in [-0.2, 0) is 4.79 Å². The van der Waals surface area contributed by atoms with Crippen molar-refractivity contribution in [1.29, 1.82) is 0 Å². The maximum absolute atomic E-state index is 10.3. The number of aliphatic carboxylic acids is 1. The van der Waals surface area contributed by atoms with E-state index in [1.807, 2.05) is 0 Å². The Kier molecular flexibility index (Phi) is 8.92. The molecule has 106 valence electrons. The molecule has 0 amide bonds. The SMILES string of the molecule is O=C(O)CCCCCCCCC[C@@H]1CCCNC1. The quantitative estimate of drug-likeness (QED) is 0.587. The summed E-state index contributed by atoms with van der Waals surface area (Å²) in [4.78, 5) is 10.3. The van der Waals surface area contributed by atoms with Crippen molar-refractivity contribution in [3.8, 4) is 0 Å². The maximum atomic E-state index is 10.3. The highest BCUT2D eigenvalue weighted by Crippen LogP contribution is 2.18. The molecule has 0 saturated carbocycles. The molecular weight excluding hydrogens is 226 g/mol. The zero-order valence-electron chi connectivity index (χ0n) is 11.6. The number of carboxylic acid groups (broad SMARTS) is 1. The van der Waals surface area contributed by atoms with Crippen LogP contribution in [0.15, 0.2) is 0 Å². The van der Waals surface area contributed by atoms with Gasteiger partial charge < -0.3 is 10.4 Å². The van der Waals surface area contributed by atoms with Gasteiger partial charge in [0.15, 0.2) is 0 Å². The first-order valence-corrected chi connectivity index (χ1v) is 7.71. The lowest BCUT2D eigenvalue weighted by molar-refractivity contribution is -0.137. The molecule has 1 fully saturated rings. The molecule has 2 N–H and O–H groups in total. The van der Waals surface area contributed by atoms with Gasteiger partial charge in [-0.1, -0.05) is 38.5 Å². The smallest absolute Gasteiger partial charge is 0.303 e. The molecule has 18 heavy (non-hydrogen) atoms. The maximum Gasteiger partial charge on any atom is 0.303 e. The van der Waals surface area contributed by atoms with Crippen molar-refractivity contribution in [3.05, 3.63) is 0 Å². The van der Waals surface area contributed by atoms with E-state index in [1.165, 1.54) is 64.5 Å². The Labute approximate surface area is 111 Å². The van der Waals surface area contributed by atoms with Gasteiger partial charge in [-0.15, -0.1) is 0 Å². The number of unbranched alkanes of at least 4 members (excludes halogenated alkanes) is 6. The zero-order valence-corrected chi connectivity index (χ0v) is 11.6. The van der Waals surface area contributed by atoms with Crippen molar-refractivity contribution in [2.75, 3.05) is 13.1 Å². The van der Waals surface area contributed by atoms with Crippen molar-refractivity contribution in [2.24, 2.45) is 5.92 Å². The molecule has 0 aromatic rings. The average molecular weight is 255 g/mol. The van der Waals surface area contributed by atoms with E-state index in [0.717, 1.165) is 18.8 Å². The van der Waals surface area contributed by atoms with Crippen LogP contribution in [0.2, 0.25) is 0 Å². The number of carboxylic acids is 1. The van der Waals surface area contributed by atoms with E-state index in [1.54, 1.807) is 0 Å². The lowest BCUT2D eigenvalue weighted by atomic mass is 9.93. The summed E-state index contributed by atoms with van der Waals surface area (Å²) in [6.07, 6.45) is 13.0. The lowest BCUT2D eigenvalue weighted by Crippen LogP contribution is -2.29. The predicted octanol–water partition coefficient (Wildman–Crippen LogP) is 3.58. The van der Waals surface area contributed by atoms with Gasteiger partial charge >= 0.3 is 5.97 Å². The molecule has 0 unspecified atom stereocenters. The molecular formula is C15H29NO2. The fourth-order valence-corrected chi connectivity index (χ4v) is 2.76. The van der Waals surface area contributed by atoms with Gasteiger partial charge in [0.2, 0.25) is 0 Å². The molecule has 3 heteroatoms. The van der Waals surface area contributed by atoms with Crippen LogP contribution in [0.1, 0.15) is 70.6 Å². The normalized spacial score (nSPS) is 19.9. The van der Waals surface area contributed by atoms with E-state index in [9.17, 15) is 4.79 Å². The van der Waals surface area contributed by atoms with Crippen LogP contribution in [0, 0.1) is 5.92 Å². The second-order valence-corrected chi connectivity index (χ2v) is 5.62. The highest BCUT2D eigenvalue weighted by Gasteiger charge is 2.11. The van der Waals surface area contributed by atoms with Gasteiger partial charge in [-0.2, -0.15) is 0 Å². The summed E-state index contributed by atoms with van der Waals surface area (Å²) in [5, 5.41) is 12.0. The van der Waals surface area contributed by atoms with Crippen molar-refractivity contribution in [1.82, 2.24) is 5.32 Å². The summed E-state index contributed by atoms with van der Waals surface area (Å²) in [5.41, 5.74) is 0. The summed E-state index contributed by atoms with van der Waals surface area (Å²) in [6, 6.07) is 0. The predicted molar refractivity (Wildman–Crippen MR) is 74.8 cm³/mol. The Balaban J connectivity index is 1.76. The molecule has 0 aliphatic carbocycles. The summed E-state index contributed by atoms with van der Waals surface area (Å²) < 4.78 is 0. The van der Waals surface area contributed by atoms with E-state index in [4.69, 9.17) is 5.11 Å². The average Bonchev–Trinajstić information content (AvgIpc) is 2.37. The first kappa shape index (κ1) is 15.5. The summed E-state index contributed by atoms with van der Waals surface area (Å²) >= 11 is 0. The van der Waals surface area contributed by atoms with Gasteiger partial charge in [-0.3, -0.25) is 4.79 Å². The molecule has 0 aromatic heterocycles. The fourth-order valence-electron chi connectivity index (χ4n) is 2.76. The van der Waals surface area contributed by atoms with Crippen LogP contribution in [0.3, 0.4) is 0 Å². The first-order valence-electron chi connectivity index (χ1n) is 7.71. The standard InChI is InChI=1S/C15H29NO2/c17-15(18)11-7-5-3-1-2-4-6-9-14-10-8-12-16-13-14/h14,16H,1-13H2,(H,17,18)/t14-/m1/s1. The minimum absolute atomic E-state index is 0.342. The minimum Gasteiger partial charge on any atom is -0.481 e. The van der Waals surface area contributed by atoms with E-state index >= 15 is 0 Å². The molecule has 0 bridgehead atoms. The molecule has 0 spiro atoms. The molecule has 1 aliphatic rings. The van der Waals surface area contributed by atoms with E-state index in [-0.39, 0.29) is 0 Å². The van der Waals surface area contributed by atoms with E-state index < -0.39 is 5.97 Å². The van der Waals surface area contributed by atoms with Crippen molar-refractivity contribution < 1.29 is 9.90 Å². The van der Waals surface area contributed by atoms with Crippen LogP contribution >= 0.6 is 0 Å². The molecule has 0 radical (unpaired) electrons. The van der Waals surface area contributed by atoms with Gasteiger partial charge in [0, 0.05) is 6.42 Å². The van der Waals surface area contributed by atoms with Gasteiger partial charge in [0.1, 0.15) is 0 Å². The Bertz CT molecular complexity index is 213. The number of piperidine rings is 1. The number of nitrogens with one attached hydrogen (secondary N) is 1. The Morgan fingerprint density at radius 2 is 1.72 bits per heavy atom. The largest absolute Gasteiger partial charge is 0.481 e. The second-order valence-electron chi connectivity index (χ2n) is 5.62. The fraction of sp³-hybridized carbons (Fsp3) is 0.933. The molecule has 1 heterocycles. The third-order valence-electron chi connectivity index (χ3n) is 3.90. The van der Waals surface area contributed by atoms with Crippen LogP contribution in [0.4, 0.5) is 0 Å². The third-order valence-corrected chi connectivity index (χ3v) is 3.90. The van der Waals surface area contributed by atoms with Gasteiger partial charge in [-0.25, -0.2) is 0 Å². The van der Waals surface area contributed by atoms with Gasteiger partial charge in [0.25, 0.3) is 0 Å². The monoisotopic (exact) mass is 255 g/mol. The third kappa shape index (κ3) is 8.51. The highest BCUT2D eigenvalue weighted by atomic mass is 16.4. The highest BCUT2D eigenvalue weighted by molar-refractivity contribution is 5.66. The Morgan fingerprint density at radius 3 is 2.33 bits per heavy atom. The van der Waals surface area contributed by atoms with Crippen molar-refractivity contribution >= 4 is 5.97 Å². The van der Waals surface area contributed by atoms with Crippen LogP contribution in [0.5, 0.6) is 0 Å². The van der Waals surface area contributed by atoms with Crippen LogP contribution in [0.25, 0.3) is 0 Å². The number of hydrogen-bond acceptors (Lipinski definition) is 2. The molecule has 0 aromatic carbocycles. The van der Waals surface area contributed by atoms with Crippen molar-refractivity contribution in [3.63, 3.8) is 0 Å². The van der Waals surface area contributed by atoms with Gasteiger partial charge in [-0.05, 0) is 44.7 Å². The summed E-state index contributed by atoms with van der Waals surface area (Å²) in [6.45, 7) is 2.45.